The maximum atomic E-state index is 5.25. The van der Waals surface area contributed by atoms with Crippen LogP contribution < -0.4 is 10.2 Å². The van der Waals surface area contributed by atoms with Gasteiger partial charge < -0.3 is 19.9 Å². The van der Waals surface area contributed by atoms with E-state index in [2.05, 4.69) is 29.2 Å². The number of nitrogens with one attached hydrogen (secondary N) is 1. The monoisotopic (exact) mass is 298 g/mol. The molecule has 1 fully saturated rings. The van der Waals surface area contributed by atoms with Gasteiger partial charge in [-0.15, -0.1) is 11.3 Å². The Morgan fingerprint density at radius 3 is 2.95 bits per heavy atom. The van der Waals surface area contributed by atoms with Crippen LogP contribution in [-0.4, -0.2) is 57.8 Å². The Bertz CT molecular complexity index is 400. The molecule has 0 bridgehead atoms. The van der Waals surface area contributed by atoms with E-state index >= 15 is 0 Å². The molecule has 0 spiro atoms. The predicted molar refractivity (Wildman–Crippen MR) is 84.5 cm³/mol. The second-order valence-electron chi connectivity index (χ2n) is 5.63. The molecule has 6 heteroatoms. The molecule has 1 atom stereocenters. The number of hydrogen-bond acceptors (Lipinski definition) is 6. The Morgan fingerprint density at radius 2 is 2.35 bits per heavy atom. The van der Waals surface area contributed by atoms with Crippen LogP contribution in [0.5, 0.6) is 0 Å². The van der Waals surface area contributed by atoms with Crippen LogP contribution in [0.3, 0.4) is 0 Å². The smallest absolute Gasteiger partial charge is 0.185 e. The summed E-state index contributed by atoms with van der Waals surface area (Å²) in [6, 6.07) is 0. The van der Waals surface area contributed by atoms with Crippen LogP contribution in [0.15, 0.2) is 0 Å². The van der Waals surface area contributed by atoms with Crippen molar-refractivity contribution >= 4 is 16.5 Å². The van der Waals surface area contributed by atoms with Gasteiger partial charge in [-0.3, -0.25) is 0 Å². The Kier molecular flexibility index (Phi) is 5.77. The van der Waals surface area contributed by atoms with Gasteiger partial charge in [0.05, 0.1) is 12.3 Å². The molecule has 0 amide bonds. The maximum Gasteiger partial charge on any atom is 0.185 e. The van der Waals surface area contributed by atoms with E-state index in [1.165, 1.54) is 24.4 Å². The lowest BCUT2D eigenvalue weighted by Gasteiger charge is -2.20. The third-order valence-corrected chi connectivity index (χ3v) is 4.94. The fourth-order valence-corrected chi connectivity index (χ4v) is 3.77. The third-order valence-electron chi connectivity index (χ3n) is 3.73. The number of likely N-dealkylation sites (tertiary alicyclic amines) is 1. The van der Waals surface area contributed by atoms with Gasteiger partial charge in [0.15, 0.2) is 5.13 Å². The average Bonchev–Trinajstić information content (AvgIpc) is 2.98. The van der Waals surface area contributed by atoms with E-state index in [0.29, 0.717) is 6.61 Å². The maximum absolute atomic E-state index is 5.25. The highest BCUT2D eigenvalue weighted by Gasteiger charge is 2.22. The number of aromatic nitrogens is 1. The molecule has 0 radical (unpaired) electrons. The summed E-state index contributed by atoms with van der Waals surface area (Å²) in [6.45, 7) is 4.95. The molecule has 1 saturated heterocycles. The quantitative estimate of drug-likeness (QED) is 0.824. The van der Waals surface area contributed by atoms with Gasteiger partial charge in [-0.2, -0.15) is 0 Å². The lowest BCUT2D eigenvalue weighted by molar-refractivity contribution is 0.181. The van der Waals surface area contributed by atoms with E-state index in [1.807, 2.05) is 7.05 Å². The lowest BCUT2D eigenvalue weighted by Crippen LogP contribution is -2.27. The van der Waals surface area contributed by atoms with Gasteiger partial charge >= 0.3 is 0 Å². The minimum absolute atomic E-state index is 0.591. The summed E-state index contributed by atoms with van der Waals surface area (Å²) in [5.41, 5.74) is 1.07. The predicted octanol–water partition coefficient (Wildman–Crippen LogP) is 1.40. The van der Waals surface area contributed by atoms with E-state index in [1.54, 1.807) is 18.4 Å². The summed E-state index contributed by atoms with van der Waals surface area (Å²) in [5, 5.41) is 4.31. The Labute approximate surface area is 125 Å². The van der Waals surface area contributed by atoms with Gasteiger partial charge in [-0.1, -0.05) is 0 Å². The van der Waals surface area contributed by atoms with Gasteiger partial charge in [0.2, 0.25) is 0 Å². The van der Waals surface area contributed by atoms with Crippen LogP contribution in [0.4, 0.5) is 5.13 Å². The molecular weight excluding hydrogens is 272 g/mol. The summed E-state index contributed by atoms with van der Waals surface area (Å²) in [5.74, 6) is 0.757. The van der Waals surface area contributed by atoms with E-state index in [0.717, 1.165) is 29.8 Å². The molecule has 0 aliphatic carbocycles. The average molecular weight is 298 g/mol. The van der Waals surface area contributed by atoms with Gasteiger partial charge in [0.1, 0.15) is 0 Å². The highest BCUT2D eigenvalue weighted by Crippen LogP contribution is 2.27. The Morgan fingerprint density at radius 1 is 1.55 bits per heavy atom. The Hall–Kier alpha value is -0.690. The molecule has 0 aromatic carbocycles. The molecule has 1 unspecified atom stereocenters. The van der Waals surface area contributed by atoms with E-state index in [-0.39, 0.29) is 0 Å². The number of anilines is 1. The molecule has 114 valence electrons. The van der Waals surface area contributed by atoms with Crippen molar-refractivity contribution in [2.24, 2.45) is 5.92 Å². The van der Waals surface area contributed by atoms with Gasteiger partial charge in [0, 0.05) is 38.7 Å². The first kappa shape index (κ1) is 15.7. The molecule has 1 aromatic heterocycles. The van der Waals surface area contributed by atoms with Crippen molar-refractivity contribution < 1.29 is 4.74 Å². The SMILES string of the molecule is CNCc1sc(N(C)CC2CCN(C)C2)nc1COC. The minimum Gasteiger partial charge on any atom is -0.378 e. The van der Waals surface area contributed by atoms with Crippen LogP contribution in [-0.2, 0) is 17.9 Å². The van der Waals surface area contributed by atoms with Crippen molar-refractivity contribution in [3.05, 3.63) is 10.6 Å². The normalized spacial score (nSPS) is 19.7. The third kappa shape index (κ3) is 3.91. The summed E-state index contributed by atoms with van der Waals surface area (Å²) >= 11 is 1.78. The first-order chi connectivity index (χ1) is 9.63. The zero-order chi connectivity index (χ0) is 14.5. The largest absolute Gasteiger partial charge is 0.378 e. The second kappa shape index (κ2) is 7.36. The number of methoxy groups -OCH3 is 1. The van der Waals surface area contributed by atoms with Crippen LogP contribution in [0.25, 0.3) is 0 Å². The van der Waals surface area contributed by atoms with Crippen molar-refractivity contribution in [1.82, 2.24) is 15.2 Å². The zero-order valence-corrected chi connectivity index (χ0v) is 13.8. The first-order valence-corrected chi connectivity index (χ1v) is 7.97. The van der Waals surface area contributed by atoms with Crippen LogP contribution in [0.1, 0.15) is 17.0 Å². The van der Waals surface area contributed by atoms with E-state index in [4.69, 9.17) is 9.72 Å². The van der Waals surface area contributed by atoms with Crippen LogP contribution in [0.2, 0.25) is 0 Å². The molecule has 1 aliphatic rings. The molecule has 0 saturated carbocycles. The molecule has 1 N–H and O–H groups in total. The van der Waals surface area contributed by atoms with Crippen molar-refractivity contribution in [3.8, 4) is 0 Å². The van der Waals surface area contributed by atoms with Gasteiger partial charge in [-0.25, -0.2) is 4.98 Å². The van der Waals surface area contributed by atoms with Crippen LogP contribution in [0, 0.1) is 5.92 Å². The minimum atomic E-state index is 0.591. The first-order valence-electron chi connectivity index (χ1n) is 7.15. The Balaban J connectivity index is 2.01. The fourth-order valence-electron chi connectivity index (χ4n) is 2.72. The zero-order valence-electron chi connectivity index (χ0n) is 13.0. The molecule has 2 rings (SSSR count). The van der Waals surface area contributed by atoms with Gasteiger partial charge in [-0.05, 0) is 33.0 Å². The van der Waals surface area contributed by atoms with Crippen molar-refractivity contribution in [2.45, 2.75) is 19.6 Å². The van der Waals surface area contributed by atoms with Gasteiger partial charge in [0.25, 0.3) is 0 Å². The molecule has 1 aliphatic heterocycles. The van der Waals surface area contributed by atoms with E-state index < -0.39 is 0 Å². The van der Waals surface area contributed by atoms with Crippen molar-refractivity contribution in [3.63, 3.8) is 0 Å². The molecule has 1 aromatic rings. The number of hydrogen-bond donors (Lipinski definition) is 1. The fraction of sp³-hybridized carbons (Fsp3) is 0.786. The summed E-state index contributed by atoms with van der Waals surface area (Å²) < 4.78 is 5.25. The number of ether oxygens (including phenoxy) is 1. The molecular formula is C14H26N4OS. The summed E-state index contributed by atoms with van der Waals surface area (Å²) in [7, 11) is 8.04. The standard InChI is InChI=1S/C14H26N4OS/c1-15-7-13-12(10-19-4)16-14(20-13)18(3)9-11-5-6-17(2)8-11/h11,15H,5-10H2,1-4H3. The lowest BCUT2D eigenvalue weighted by atomic mass is 10.1. The highest BCUT2D eigenvalue weighted by atomic mass is 32.1. The molecule has 2 heterocycles. The molecule has 5 nitrogen and oxygen atoms in total. The number of thiazole rings is 1. The van der Waals surface area contributed by atoms with E-state index in [9.17, 15) is 0 Å². The van der Waals surface area contributed by atoms with Crippen molar-refractivity contribution in [2.75, 3.05) is 52.8 Å². The van der Waals surface area contributed by atoms with Crippen LogP contribution >= 0.6 is 11.3 Å². The number of rotatable bonds is 7. The molecule has 20 heavy (non-hydrogen) atoms. The summed E-state index contributed by atoms with van der Waals surface area (Å²) in [4.78, 5) is 10.7. The number of nitrogens with zero attached hydrogens (tertiary/aromatic N) is 3. The second-order valence-corrected chi connectivity index (χ2v) is 6.69. The van der Waals surface area contributed by atoms with Crippen molar-refractivity contribution in [1.29, 1.82) is 0 Å². The summed E-state index contributed by atoms with van der Waals surface area (Å²) in [6.07, 6.45) is 1.29. The topological polar surface area (TPSA) is 40.6 Å². The highest BCUT2D eigenvalue weighted by molar-refractivity contribution is 7.15.